The second kappa shape index (κ2) is 6.69. The van der Waals surface area contributed by atoms with Crippen LogP contribution >= 0.6 is 23.1 Å². The molecule has 0 aliphatic carbocycles. The zero-order valence-corrected chi connectivity index (χ0v) is 16.1. The molecule has 0 bridgehead atoms. The first-order valence-corrected chi connectivity index (χ1v) is 9.83. The van der Waals surface area contributed by atoms with Crippen molar-refractivity contribution in [1.82, 2.24) is 20.2 Å². The molecule has 0 amide bonds. The molecule has 3 heterocycles. The van der Waals surface area contributed by atoms with E-state index in [1.54, 1.807) is 0 Å². The van der Waals surface area contributed by atoms with Gasteiger partial charge in [0.1, 0.15) is 10.7 Å². The number of hydrogen-bond donors (Lipinski definition) is 1. The Labute approximate surface area is 157 Å². The topological polar surface area (TPSA) is 84.7 Å². The zero-order valence-electron chi connectivity index (χ0n) is 14.5. The summed E-state index contributed by atoms with van der Waals surface area (Å²) in [4.78, 5) is 21.6. The lowest BCUT2D eigenvalue weighted by Crippen LogP contribution is -2.10. The van der Waals surface area contributed by atoms with Gasteiger partial charge >= 0.3 is 0 Å². The SMILES string of the molecule is Cc1cccc(-c2nnc(SCc3nc4sc(C)c(C)c4c(=O)[nH]3)o2)c1. The van der Waals surface area contributed by atoms with Gasteiger partial charge in [-0.1, -0.05) is 29.5 Å². The third-order valence-electron chi connectivity index (χ3n) is 4.09. The Bertz CT molecular complexity index is 1160. The summed E-state index contributed by atoms with van der Waals surface area (Å²) in [6.07, 6.45) is 0. The van der Waals surface area contributed by atoms with Crippen molar-refractivity contribution in [2.24, 2.45) is 0 Å². The molecule has 0 unspecified atom stereocenters. The van der Waals surface area contributed by atoms with Crippen LogP contribution in [0.1, 0.15) is 21.8 Å². The van der Waals surface area contributed by atoms with Gasteiger partial charge < -0.3 is 9.40 Å². The first kappa shape index (κ1) is 17.0. The molecule has 6 nitrogen and oxygen atoms in total. The van der Waals surface area contributed by atoms with Crippen LogP contribution in [-0.2, 0) is 5.75 Å². The summed E-state index contributed by atoms with van der Waals surface area (Å²) in [5, 5.41) is 9.29. The van der Waals surface area contributed by atoms with E-state index in [1.807, 2.05) is 45.0 Å². The smallest absolute Gasteiger partial charge is 0.277 e. The number of nitrogens with zero attached hydrogens (tertiary/aromatic N) is 3. The van der Waals surface area contributed by atoms with Crippen molar-refractivity contribution in [1.29, 1.82) is 0 Å². The Hall–Kier alpha value is -2.45. The largest absolute Gasteiger partial charge is 0.411 e. The summed E-state index contributed by atoms with van der Waals surface area (Å²) in [6, 6.07) is 7.90. The van der Waals surface area contributed by atoms with Crippen molar-refractivity contribution in [3.05, 3.63) is 56.4 Å². The Balaban J connectivity index is 1.55. The highest BCUT2D eigenvalue weighted by molar-refractivity contribution is 7.98. The normalized spacial score (nSPS) is 11.3. The Kier molecular flexibility index (Phi) is 4.37. The van der Waals surface area contributed by atoms with Crippen LogP contribution in [0.25, 0.3) is 21.7 Å². The van der Waals surface area contributed by atoms with Gasteiger partial charge in [0.05, 0.1) is 11.1 Å². The van der Waals surface area contributed by atoms with Gasteiger partial charge in [0.15, 0.2) is 0 Å². The number of hydrogen-bond acceptors (Lipinski definition) is 7. The Morgan fingerprint density at radius 1 is 1.23 bits per heavy atom. The fraction of sp³-hybridized carbons (Fsp3) is 0.222. The van der Waals surface area contributed by atoms with Gasteiger partial charge in [-0.05, 0) is 38.5 Å². The van der Waals surface area contributed by atoms with Gasteiger partial charge in [-0.3, -0.25) is 4.79 Å². The molecule has 3 aromatic heterocycles. The van der Waals surface area contributed by atoms with Crippen LogP contribution in [0.3, 0.4) is 0 Å². The third-order valence-corrected chi connectivity index (χ3v) is 6.02. The average molecular weight is 384 g/mol. The van der Waals surface area contributed by atoms with Gasteiger partial charge in [0.2, 0.25) is 5.89 Å². The van der Waals surface area contributed by atoms with Crippen molar-refractivity contribution in [2.75, 3.05) is 0 Å². The second-order valence-electron chi connectivity index (χ2n) is 6.01. The molecule has 8 heteroatoms. The van der Waals surface area contributed by atoms with Crippen molar-refractivity contribution in [3.8, 4) is 11.5 Å². The molecule has 26 heavy (non-hydrogen) atoms. The maximum Gasteiger partial charge on any atom is 0.277 e. The standard InChI is InChI=1S/C18H16N4O2S2/c1-9-5-4-6-12(7-9)16-21-22-18(24-16)25-8-13-19-15(23)14-10(2)11(3)26-17(14)20-13/h4-7H,8H2,1-3H3,(H,19,20,23). The first-order chi connectivity index (χ1) is 12.5. The summed E-state index contributed by atoms with van der Waals surface area (Å²) < 4.78 is 5.71. The van der Waals surface area contributed by atoms with E-state index in [9.17, 15) is 4.79 Å². The van der Waals surface area contributed by atoms with E-state index in [0.29, 0.717) is 28.1 Å². The van der Waals surface area contributed by atoms with E-state index in [1.165, 1.54) is 23.1 Å². The lowest BCUT2D eigenvalue weighted by molar-refractivity contribution is 0.465. The zero-order chi connectivity index (χ0) is 18.3. The van der Waals surface area contributed by atoms with Gasteiger partial charge in [-0.2, -0.15) is 0 Å². The van der Waals surface area contributed by atoms with Crippen molar-refractivity contribution in [2.45, 2.75) is 31.7 Å². The Morgan fingerprint density at radius 3 is 2.88 bits per heavy atom. The molecule has 4 rings (SSSR count). The molecular weight excluding hydrogens is 368 g/mol. The molecule has 0 atom stereocenters. The van der Waals surface area contributed by atoms with Crippen LogP contribution in [0.2, 0.25) is 0 Å². The number of rotatable bonds is 4. The average Bonchev–Trinajstić information content (AvgIpc) is 3.18. The number of benzene rings is 1. The molecular formula is C18H16N4O2S2. The van der Waals surface area contributed by atoms with E-state index in [4.69, 9.17) is 4.42 Å². The molecule has 1 N–H and O–H groups in total. The predicted molar refractivity (Wildman–Crippen MR) is 104 cm³/mol. The molecule has 0 aliphatic heterocycles. The number of fused-ring (bicyclic) bond motifs is 1. The highest BCUT2D eigenvalue weighted by Gasteiger charge is 2.14. The van der Waals surface area contributed by atoms with Gasteiger partial charge in [0.25, 0.3) is 10.8 Å². The monoisotopic (exact) mass is 384 g/mol. The maximum atomic E-state index is 12.3. The molecule has 1 aromatic carbocycles. The lowest BCUT2D eigenvalue weighted by Gasteiger charge is -1.99. The van der Waals surface area contributed by atoms with Crippen LogP contribution in [0.4, 0.5) is 0 Å². The van der Waals surface area contributed by atoms with Crippen LogP contribution < -0.4 is 5.56 Å². The minimum Gasteiger partial charge on any atom is -0.411 e. The van der Waals surface area contributed by atoms with Gasteiger partial charge in [-0.15, -0.1) is 21.5 Å². The molecule has 0 saturated heterocycles. The van der Waals surface area contributed by atoms with E-state index < -0.39 is 0 Å². The summed E-state index contributed by atoms with van der Waals surface area (Å²) in [5.41, 5.74) is 2.92. The van der Waals surface area contributed by atoms with Crippen LogP contribution in [0.5, 0.6) is 0 Å². The minimum atomic E-state index is -0.0987. The van der Waals surface area contributed by atoms with E-state index >= 15 is 0 Å². The summed E-state index contributed by atoms with van der Waals surface area (Å²) in [6.45, 7) is 5.97. The number of aryl methyl sites for hydroxylation is 3. The summed E-state index contributed by atoms with van der Waals surface area (Å²) in [5.74, 6) is 1.54. The second-order valence-corrected chi connectivity index (χ2v) is 8.14. The molecule has 0 saturated carbocycles. The highest BCUT2D eigenvalue weighted by Crippen LogP contribution is 2.28. The van der Waals surface area contributed by atoms with E-state index in [0.717, 1.165) is 26.4 Å². The molecule has 0 fully saturated rings. The number of nitrogens with one attached hydrogen (secondary N) is 1. The van der Waals surface area contributed by atoms with Crippen molar-refractivity contribution >= 4 is 33.3 Å². The fourth-order valence-corrected chi connectivity index (χ4v) is 4.34. The molecule has 0 spiro atoms. The number of aromatic nitrogens is 4. The number of thiophene rings is 1. The number of H-pyrrole nitrogens is 1. The molecule has 132 valence electrons. The summed E-state index contributed by atoms with van der Waals surface area (Å²) >= 11 is 2.89. The third kappa shape index (κ3) is 3.17. The number of aromatic amines is 1. The fourth-order valence-electron chi connectivity index (χ4n) is 2.66. The highest BCUT2D eigenvalue weighted by atomic mass is 32.2. The van der Waals surface area contributed by atoms with E-state index in [-0.39, 0.29) is 5.56 Å². The quantitative estimate of drug-likeness (QED) is 0.530. The van der Waals surface area contributed by atoms with E-state index in [2.05, 4.69) is 20.2 Å². The van der Waals surface area contributed by atoms with Crippen molar-refractivity contribution < 1.29 is 4.42 Å². The van der Waals surface area contributed by atoms with Crippen LogP contribution in [0, 0.1) is 20.8 Å². The minimum absolute atomic E-state index is 0.0987. The van der Waals surface area contributed by atoms with Crippen LogP contribution in [-0.4, -0.2) is 20.2 Å². The lowest BCUT2D eigenvalue weighted by atomic mass is 10.1. The maximum absolute atomic E-state index is 12.3. The van der Waals surface area contributed by atoms with Crippen molar-refractivity contribution in [3.63, 3.8) is 0 Å². The van der Waals surface area contributed by atoms with Crippen LogP contribution in [0.15, 0.2) is 38.7 Å². The summed E-state index contributed by atoms with van der Waals surface area (Å²) in [7, 11) is 0. The predicted octanol–water partition coefficient (Wildman–Crippen LogP) is 4.25. The Morgan fingerprint density at radius 2 is 2.08 bits per heavy atom. The first-order valence-electron chi connectivity index (χ1n) is 8.03. The molecule has 4 aromatic rings. The van der Waals surface area contributed by atoms with Gasteiger partial charge in [0, 0.05) is 10.4 Å². The number of thioether (sulfide) groups is 1. The molecule has 0 aliphatic rings. The molecule has 0 radical (unpaired) electrons. The van der Waals surface area contributed by atoms with Gasteiger partial charge in [-0.25, -0.2) is 4.98 Å².